The number of aryl methyl sites for hydroxylation is 1. The fourth-order valence-electron chi connectivity index (χ4n) is 1.52. The lowest BCUT2D eigenvalue weighted by atomic mass is 10.1. The van der Waals surface area contributed by atoms with E-state index in [0.29, 0.717) is 6.61 Å². The van der Waals surface area contributed by atoms with Crippen molar-refractivity contribution in [2.45, 2.75) is 45.8 Å². The van der Waals surface area contributed by atoms with Gasteiger partial charge < -0.3 is 10.1 Å². The lowest BCUT2D eigenvalue weighted by Crippen LogP contribution is -2.31. The summed E-state index contributed by atoms with van der Waals surface area (Å²) in [5, 5.41) is 7.91. The van der Waals surface area contributed by atoms with E-state index in [1.54, 1.807) is 0 Å². The van der Waals surface area contributed by atoms with Crippen LogP contribution in [0.25, 0.3) is 0 Å². The largest absolute Gasteiger partial charge is 0.374 e. The van der Waals surface area contributed by atoms with Crippen LogP contribution < -0.4 is 5.32 Å². The first-order chi connectivity index (χ1) is 7.92. The molecular formula is C13H25N3O. The zero-order chi connectivity index (χ0) is 12.9. The Balaban J connectivity index is 2.60. The van der Waals surface area contributed by atoms with Crippen molar-refractivity contribution in [1.29, 1.82) is 0 Å². The SMILES string of the molecule is CCCNC(COC(C)(C)C)c1ccn(C)n1. The molecule has 1 atom stereocenters. The first kappa shape index (κ1) is 14.2. The molecular weight excluding hydrogens is 214 g/mol. The second-order valence-electron chi connectivity index (χ2n) is 5.34. The van der Waals surface area contributed by atoms with E-state index in [4.69, 9.17) is 4.74 Å². The molecule has 4 heteroatoms. The number of nitrogens with zero attached hydrogens (tertiary/aromatic N) is 2. The molecule has 1 heterocycles. The van der Waals surface area contributed by atoms with Crippen LogP contribution >= 0.6 is 0 Å². The van der Waals surface area contributed by atoms with Gasteiger partial charge in [0.25, 0.3) is 0 Å². The van der Waals surface area contributed by atoms with E-state index in [-0.39, 0.29) is 11.6 Å². The summed E-state index contributed by atoms with van der Waals surface area (Å²) in [7, 11) is 1.94. The van der Waals surface area contributed by atoms with Crippen molar-refractivity contribution in [2.75, 3.05) is 13.2 Å². The maximum absolute atomic E-state index is 5.84. The molecule has 0 aliphatic heterocycles. The zero-order valence-electron chi connectivity index (χ0n) is 11.7. The Bertz CT molecular complexity index is 328. The van der Waals surface area contributed by atoms with Gasteiger partial charge in [-0.05, 0) is 39.8 Å². The Kier molecular flexibility index (Phi) is 5.15. The molecule has 17 heavy (non-hydrogen) atoms. The molecule has 1 rings (SSSR count). The van der Waals surface area contributed by atoms with E-state index in [0.717, 1.165) is 18.7 Å². The third-order valence-corrected chi connectivity index (χ3v) is 2.42. The van der Waals surface area contributed by atoms with Crippen molar-refractivity contribution >= 4 is 0 Å². The molecule has 98 valence electrons. The van der Waals surface area contributed by atoms with Crippen molar-refractivity contribution in [2.24, 2.45) is 7.05 Å². The van der Waals surface area contributed by atoms with Crippen LogP contribution in [-0.4, -0.2) is 28.5 Å². The van der Waals surface area contributed by atoms with Gasteiger partial charge in [-0.25, -0.2) is 0 Å². The molecule has 0 spiro atoms. The lowest BCUT2D eigenvalue weighted by molar-refractivity contribution is -0.0153. The predicted octanol–water partition coefficient (Wildman–Crippen LogP) is 2.28. The highest BCUT2D eigenvalue weighted by molar-refractivity contribution is 5.05. The molecule has 0 fully saturated rings. The Morgan fingerprint density at radius 3 is 2.65 bits per heavy atom. The molecule has 1 aromatic rings. The Labute approximate surface area is 104 Å². The molecule has 1 aromatic heterocycles. The fraction of sp³-hybridized carbons (Fsp3) is 0.769. The summed E-state index contributed by atoms with van der Waals surface area (Å²) in [4.78, 5) is 0. The molecule has 0 saturated heterocycles. The molecule has 0 aromatic carbocycles. The van der Waals surface area contributed by atoms with Gasteiger partial charge in [0.1, 0.15) is 0 Å². The van der Waals surface area contributed by atoms with Gasteiger partial charge in [0, 0.05) is 13.2 Å². The quantitative estimate of drug-likeness (QED) is 0.827. The molecule has 0 amide bonds. The van der Waals surface area contributed by atoms with Gasteiger partial charge in [-0.15, -0.1) is 0 Å². The molecule has 0 radical (unpaired) electrons. The summed E-state index contributed by atoms with van der Waals surface area (Å²) in [5.74, 6) is 0. The highest BCUT2D eigenvalue weighted by Crippen LogP contribution is 2.15. The average Bonchev–Trinajstić information content (AvgIpc) is 2.63. The standard InChI is InChI=1S/C13H25N3O/c1-6-8-14-12(10-17-13(2,3)4)11-7-9-16(5)15-11/h7,9,12,14H,6,8,10H2,1-5H3. The summed E-state index contributed by atoms with van der Waals surface area (Å²) < 4.78 is 7.67. The summed E-state index contributed by atoms with van der Waals surface area (Å²) in [6, 6.07) is 2.22. The third kappa shape index (κ3) is 5.33. The molecule has 0 bridgehead atoms. The number of ether oxygens (including phenoxy) is 1. The Hall–Kier alpha value is -0.870. The molecule has 0 aliphatic carbocycles. The van der Waals surface area contributed by atoms with Crippen molar-refractivity contribution < 1.29 is 4.74 Å². The maximum atomic E-state index is 5.84. The monoisotopic (exact) mass is 239 g/mol. The number of hydrogen-bond acceptors (Lipinski definition) is 3. The van der Waals surface area contributed by atoms with E-state index in [9.17, 15) is 0 Å². The normalized spacial score (nSPS) is 13.9. The van der Waals surface area contributed by atoms with Crippen LogP contribution in [0.3, 0.4) is 0 Å². The van der Waals surface area contributed by atoms with Crippen LogP contribution in [0.15, 0.2) is 12.3 Å². The topological polar surface area (TPSA) is 39.1 Å². The van der Waals surface area contributed by atoms with E-state index >= 15 is 0 Å². The summed E-state index contributed by atoms with van der Waals surface area (Å²) in [5.41, 5.74) is 0.936. The Morgan fingerprint density at radius 2 is 2.18 bits per heavy atom. The minimum atomic E-state index is -0.110. The van der Waals surface area contributed by atoms with Gasteiger partial charge in [0.2, 0.25) is 0 Å². The lowest BCUT2D eigenvalue weighted by Gasteiger charge is -2.24. The highest BCUT2D eigenvalue weighted by Gasteiger charge is 2.18. The smallest absolute Gasteiger partial charge is 0.0817 e. The fourth-order valence-corrected chi connectivity index (χ4v) is 1.52. The van der Waals surface area contributed by atoms with Crippen molar-refractivity contribution in [3.8, 4) is 0 Å². The van der Waals surface area contributed by atoms with Gasteiger partial charge in [0.15, 0.2) is 0 Å². The molecule has 4 nitrogen and oxygen atoms in total. The number of nitrogens with one attached hydrogen (secondary N) is 1. The Morgan fingerprint density at radius 1 is 1.47 bits per heavy atom. The summed E-state index contributed by atoms with van der Waals surface area (Å²) >= 11 is 0. The predicted molar refractivity (Wildman–Crippen MR) is 69.9 cm³/mol. The molecule has 1 N–H and O–H groups in total. The second kappa shape index (κ2) is 6.17. The highest BCUT2D eigenvalue weighted by atomic mass is 16.5. The zero-order valence-corrected chi connectivity index (χ0v) is 11.7. The number of hydrogen-bond donors (Lipinski definition) is 1. The molecule has 1 unspecified atom stereocenters. The number of rotatable bonds is 6. The van der Waals surface area contributed by atoms with Crippen LogP contribution in [0.4, 0.5) is 0 Å². The van der Waals surface area contributed by atoms with Crippen LogP contribution in [0.5, 0.6) is 0 Å². The van der Waals surface area contributed by atoms with Gasteiger partial charge >= 0.3 is 0 Å². The molecule has 0 aliphatic rings. The average molecular weight is 239 g/mol. The van der Waals surface area contributed by atoms with E-state index < -0.39 is 0 Å². The van der Waals surface area contributed by atoms with Gasteiger partial charge in [0.05, 0.1) is 23.9 Å². The maximum Gasteiger partial charge on any atom is 0.0817 e. The second-order valence-corrected chi connectivity index (χ2v) is 5.34. The van der Waals surface area contributed by atoms with Gasteiger partial charge in [-0.1, -0.05) is 6.92 Å². The van der Waals surface area contributed by atoms with E-state index in [2.05, 4.69) is 38.1 Å². The van der Waals surface area contributed by atoms with Crippen LogP contribution in [-0.2, 0) is 11.8 Å². The van der Waals surface area contributed by atoms with Gasteiger partial charge in [-0.2, -0.15) is 5.10 Å². The third-order valence-electron chi connectivity index (χ3n) is 2.42. The summed E-state index contributed by atoms with van der Waals surface area (Å²) in [6.07, 6.45) is 3.08. The van der Waals surface area contributed by atoms with Crippen LogP contribution in [0, 0.1) is 0 Å². The van der Waals surface area contributed by atoms with Crippen LogP contribution in [0.1, 0.15) is 45.9 Å². The van der Waals surface area contributed by atoms with Gasteiger partial charge in [-0.3, -0.25) is 4.68 Å². The van der Waals surface area contributed by atoms with E-state index in [1.165, 1.54) is 0 Å². The van der Waals surface area contributed by atoms with Crippen molar-refractivity contribution in [1.82, 2.24) is 15.1 Å². The first-order valence-corrected chi connectivity index (χ1v) is 6.29. The number of aromatic nitrogens is 2. The summed E-state index contributed by atoms with van der Waals surface area (Å²) in [6.45, 7) is 10.0. The first-order valence-electron chi connectivity index (χ1n) is 6.29. The van der Waals surface area contributed by atoms with Crippen LogP contribution in [0.2, 0.25) is 0 Å². The van der Waals surface area contributed by atoms with Crippen molar-refractivity contribution in [3.05, 3.63) is 18.0 Å². The van der Waals surface area contributed by atoms with E-state index in [1.807, 2.05) is 24.0 Å². The minimum Gasteiger partial charge on any atom is -0.374 e. The molecule has 0 saturated carbocycles. The minimum absolute atomic E-state index is 0.110. The van der Waals surface area contributed by atoms with Crippen molar-refractivity contribution in [3.63, 3.8) is 0 Å².